The fourth-order valence-corrected chi connectivity index (χ4v) is 3.54. The Balaban J connectivity index is 2.08. The van der Waals surface area contributed by atoms with Crippen LogP contribution in [0.15, 0.2) is 22.7 Å². The van der Waals surface area contributed by atoms with Crippen LogP contribution in [0.5, 0.6) is 0 Å². The second kappa shape index (κ2) is 6.42. The highest BCUT2D eigenvalue weighted by atomic mass is 79.9. The second-order valence-corrected chi connectivity index (χ2v) is 6.94. The molecule has 0 radical (unpaired) electrons. The van der Waals surface area contributed by atoms with Gasteiger partial charge in [-0.05, 0) is 61.9 Å². The lowest BCUT2D eigenvalue weighted by molar-refractivity contribution is -0.385. The Morgan fingerprint density at radius 3 is 2.48 bits per heavy atom. The molecule has 0 amide bonds. The van der Waals surface area contributed by atoms with Crippen LogP contribution in [0.4, 0.5) is 5.69 Å². The number of nitro benzene ring substituents is 1. The fourth-order valence-electron chi connectivity index (χ4n) is 3.01. The number of likely N-dealkylation sites (N-methyl/N-ethyl adjacent to an activating group) is 2. The van der Waals surface area contributed by atoms with Gasteiger partial charge in [0.25, 0.3) is 5.69 Å². The average molecular weight is 356 g/mol. The Hall–Kier alpha value is -0.980. The molecule has 1 fully saturated rings. The molecule has 1 aliphatic carbocycles. The van der Waals surface area contributed by atoms with Gasteiger partial charge >= 0.3 is 0 Å². The van der Waals surface area contributed by atoms with Crippen LogP contribution in [0.1, 0.15) is 24.8 Å². The molecule has 21 heavy (non-hydrogen) atoms. The lowest BCUT2D eigenvalue weighted by Crippen LogP contribution is -2.56. The standard InChI is InChI=1S/C15H22BrN3O2/c1-17(2)15(8-5-9-15)11-18(3)10-12-6-4-7-13(14(12)16)19(20)21/h4,6-7H,5,8-11H2,1-3H3. The molecule has 6 heteroatoms. The van der Waals surface area contributed by atoms with E-state index in [4.69, 9.17) is 0 Å². The molecule has 2 rings (SSSR count). The number of hydrogen-bond donors (Lipinski definition) is 0. The summed E-state index contributed by atoms with van der Waals surface area (Å²) in [5.41, 5.74) is 1.36. The Morgan fingerprint density at radius 1 is 1.33 bits per heavy atom. The minimum atomic E-state index is -0.346. The highest BCUT2D eigenvalue weighted by Gasteiger charge is 2.39. The fraction of sp³-hybridized carbons (Fsp3) is 0.600. The summed E-state index contributed by atoms with van der Waals surface area (Å²) in [6.07, 6.45) is 3.73. The number of hydrogen-bond acceptors (Lipinski definition) is 4. The Morgan fingerprint density at radius 2 is 2.00 bits per heavy atom. The van der Waals surface area contributed by atoms with E-state index in [0.717, 1.165) is 12.1 Å². The molecule has 5 nitrogen and oxygen atoms in total. The summed E-state index contributed by atoms with van der Waals surface area (Å²) in [5.74, 6) is 0. The van der Waals surface area contributed by atoms with Crippen LogP contribution in [-0.2, 0) is 6.54 Å². The van der Waals surface area contributed by atoms with Crippen LogP contribution in [0.3, 0.4) is 0 Å². The van der Waals surface area contributed by atoms with Crippen LogP contribution in [0.25, 0.3) is 0 Å². The zero-order chi connectivity index (χ0) is 15.6. The highest BCUT2D eigenvalue weighted by Crippen LogP contribution is 2.37. The maximum Gasteiger partial charge on any atom is 0.283 e. The summed E-state index contributed by atoms with van der Waals surface area (Å²) in [6, 6.07) is 5.22. The topological polar surface area (TPSA) is 49.6 Å². The third-order valence-electron chi connectivity index (χ3n) is 4.49. The number of rotatable bonds is 6. The van der Waals surface area contributed by atoms with Crippen molar-refractivity contribution in [3.8, 4) is 0 Å². The first-order chi connectivity index (χ1) is 9.85. The summed E-state index contributed by atoms with van der Waals surface area (Å²) in [6.45, 7) is 1.69. The van der Waals surface area contributed by atoms with Crippen molar-refractivity contribution in [2.24, 2.45) is 0 Å². The number of benzene rings is 1. The van der Waals surface area contributed by atoms with Crippen molar-refractivity contribution in [3.05, 3.63) is 38.3 Å². The molecule has 1 aliphatic rings. The minimum absolute atomic E-state index is 0.131. The molecule has 0 atom stereocenters. The molecular formula is C15H22BrN3O2. The minimum Gasteiger partial charge on any atom is -0.302 e. The normalized spacial score (nSPS) is 17.0. The first kappa shape index (κ1) is 16.4. The Kier molecular flexibility index (Phi) is 5.01. The van der Waals surface area contributed by atoms with E-state index in [1.807, 2.05) is 6.07 Å². The van der Waals surface area contributed by atoms with Crippen LogP contribution < -0.4 is 0 Å². The van der Waals surface area contributed by atoms with Crippen molar-refractivity contribution >= 4 is 21.6 Å². The van der Waals surface area contributed by atoms with E-state index >= 15 is 0 Å². The maximum atomic E-state index is 11.0. The molecular weight excluding hydrogens is 334 g/mol. The van der Waals surface area contributed by atoms with E-state index in [9.17, 15) is 10.1 Å². The van der Waals surface area contributed by atoms with Gasteiger partial charge in [-0.15, -0.1) is 0 Å². The van der Waals surface area contributed by atoms with E-state index in [-0.39, 0.29) is 16.1 Å². The van der Waals surface area contributed by atoms with Gasteiger partial charge in [-0.2, -0.15) is 0 Å². The summed E-state index contributed by atoms with van der Waals surface area (Å²) < 4.78 is 0.592. The van der Waals surface area contributed by atoms with Gasteiger partial charge in [0.2, 0.25) is 0 Å². The molecule has 0 N–H and O–H groups in total. The van der Waals surface area contributed by atoms with E-state index in [1.54, 1.807) is 6.07 Å². The van der Waals surface area contributed by atoms with Crippen molar-refractivity contribution in [3.63, 3.8) is 0 Å². The molecule has 0 saturated heterocycles. The number of nitrogens with zero attached hydrogens (tertiary/aromatic N) is 3. The van der Waals surface area contributed by atoms with Crippen molar-refractivity contribution in [1.82, 2.24) is 9.80 Å². The van der Waals surface area contributed by atoms with Crippen molar-refractivity contribution < 1.29 is 4.92 Å². The maximum absolute atomic E-state index is 11.0. The Bertz CT molecular complexity index is 530. The number of nitro groups is 1. The van der Waals surface area contributed by atoms with Gasteiger partial charge in [0.05, 0.1) is 9.40 Å². The zero-order valence-corrected chi connectivity index (χ0v) is 14.4. The predicted molar refractivity (Wildman–Crippen MR) is 87.4 cm³/mol. The molecule has 0 heterocycles. The molecule has 1 saturated carbocycles. The first-order valence-electron chi connectivity index (χ1n) is 7.13. The van der Waals surface area contributed by atoms with Gasteiger partial charge in [-0.25, -0.2) is 0 Å². The third kappa shape index (κ3) is 3.44. The molecule has 0 aromatic heterocycles. The predicted octanol–water partition coefficient (Wildman–Crippen LogP) is 3.27. The molecule has 0 spiro atoms. The summed E-state index contributed by atoms with van der Waals surface area (Å²) >= 11 is 3.37. The highest BCUT2D eigenvalue weighted by molar-refractivity contribution is 9.10. The van der Waals surface area contributed by atoms with Gasteiger partial charge in [-0.1, -0.05) is 12.1 Å². The molecule has 1 aromatic carbocycles. The van der Waals surface area contributed by atoms with Crippen molar-refractivity contribution in [2.45, 2.75) is 31.3 Å². The average Bonchev–Trinajstić information content (AvgIpc) is 2.35. The van der Waals surface area contributed by atoms with E-state index in [1.165, 1.54) is 25.3 Å². The zero-order valence-electron chi connectivity index (χ0n) is 12.8. The molecule has 0 bridgehead atoms. The lowest BCUT2D eigenvalue weighted by atomic mass is 9.75. The van der Waals surface area contributed by atoms with Crippen LogP contribution in [0.2, 0.25) is 0 Å². The number of halogens is 1. The van der Waals surface area contributed by atoms with Crippen LogP contribution in [0, 0.1) is 10.1 Å². The quantitative estimate of drug-likeness (QED) is 0.580. The monoisotopic (exact) mass is 355 g/mol. The van der Waals surface area contributed by atoms with Crippen molar-refractivity contribution in [1.29, 1.82) is 0 Å². The molecule has 0 aliphatic heterocycles. The smallest absolute Gasteiger partial charge is 0.283 e. The first-order valence-corrected chi connectivity index (χ1v) is 7.93. The van der Waals surface area contributed by atoms with Crippen LogP contribution >= 0.6 is 15.9 Å². The van der Waals surface area contributed by atoms with Gasteiger partial charge < -0.3 is 9.80 Å². The largest absolute Gasteiger partial charge is 0.302 e. The summed E-state index contributed by atoms with van der Waals surface area (Å²) in [5, 5.41) is 11.0. The van der Waals surface area contributed by atoms with Gasteiger partial charge in [0.1, 0.15) is 0 Å². The summed E-state index contributed by atoms with van der Waals surface area (Å²) in [4.78, 5) is 15.2. The van der Waals surface area contributed by atoms with E-state index < -0.39 is 0 Å². The molecule has 1 aromatic rings. The van der Waals surface area contributed by atoms with Gasteiger partial charge in [0, 0.05) is 24.7 Å². The van der Waals surface area contributed by atoms with Gasteiger partial charge in [0.15, 0.2) is 0 Å². The van der Waals surface area contributed by atoms with E-state index in [0.29, 0.717) is 11.0 Å². The molecule has 116 valence electrons. The van der Waals surface area contributed by atoms with Crippen molar-refractivity contribution in [2.75, 3.05) is 27.7 Å². The van der Waals surface area contributed by atoms with Crippen LogP contribution in [-0.4, -0.2) is 47.9 Å². The SMILES string of the molecule is CN(Cc1cccc([N+](=O)[O-])c1Br)CC1(N(C)C)CCC1. The second-order valence-electron chi connectivity index (χ2n) is 6.15. The Labute approximate surface area is 134 Å². The third-order valence-corrected chi connectivity index (χ3v) is 5.41. The van der Waals surface area contributed by atoms with Gasteiger partial charge in [-0.3, -0.25) is 10.1 Å². The lowest BCUT2D eigenvalue weighted by Gasteiger charge is -2.49. The summed E-state index contributed by atoms with van der Waals surface area (Å²) in [7, 11) is 6.35. The molecule has 0 unspecified atom stereocenters. The van der Waals surface area contributed by atoms with E-state index in [2.05, 4.69) is 46.9 Å².